The first-order valence-corrected chi connectivity index (χ1v) is 7.61. The number of rotatable bonds is 1. The van der Waals surface area contributed by atoms with Crippen LogP contribution in [-0.4, -0.2) is 5.91 Å². The molecule has 0 radical (unpaired) electrons. The van der Waals surface area contributed by atoms with Gasteiger partial charge in [0.05, 0.1) is 4.47 Å². The topological polar surface area (TPSA) is 29.1 Å². The Morgan fingerprint density at radius 1 is 1.19 bits per heavy atom. The van der Waals surface area contributed by atoms with Crippen molar-refractivity contribution in [1.82, 2.24) is 0 Å². The molecule has 21 heavy (non-hydrogen) atoms. The highest BCUT2D eigenvalue weighted by molar-refractivity contribution is 9.10. The van der Waals surface area contributed by atoms with Gasteiger partial charge in [-0.1, -0.05) is 12.1 Å². The molecule has 2 aromatic carbocycles. The number of benzene rings is 2. The number of carbonyl (C=O) groups excluding carboxylic acids is 1. The molecule has 4 heteroatoms. The fraction of sp³-hybridized carbons (Fsp3) is 0.235. The van der Waals surface area contributed by atoms with Crippen molar-refractivity contribution in [2.24, 2.45) is 0 Å². The van der Waals surface area contributed by atoms with E-state index in [4.69, 9.17) is 0 Å². The van der Waals surface area contributed by atoms with Crippen molar-refractivity contribution >= 4 is 27.5 Å². The summed E-state index contributed by atoms with van der Waals surface area (Å²) in [6.45, 7) is 4.09. The first-order chi connectivity index (χ1) is 9.95. The number of anilines is 1. The number of hydrogen-bond donors (Lipinski definition) is 1. The molecule has 0 aliphatic carbocycles. The predicted octanol–water partition coefficient (Wildman–Crippen LogP) is 4.68. The Kier molecular flexibility index (Phi) is 3.57. The smallest absolute Gasteiger partial charge is 0.225 e. The van der Waals surface area contributed by atoms with Crippen LogP contribution in [0.1, 0.15) is 34.6 Å². The fourth-order valence-corrected chi connectivity index (χ4v) is 3.15. The average Bonchev–Trinajstić information content (AvgIpc) is 2.43. The van der Waals surface area contributed by atoms with Crippen molar-refractivity contribution in [2.45, 2.75) is 26.2 Å². The third kappa shape index (κ3) is 2.60. The van der Waals surface area contributed by atoms with Gasteiger partial charge in [-0.15, -0.1) is 0 Å². The Morgan fingerprint density at radius 2 is 1.90 bits per heavy atom. The molecular formula is C17H15BrFNO. The molecule has 1 aliphatic heterocycles. The predicted molar refractivity (Wildman–Crippen MR) is 85.1 cm³/mol. The van der Waals surface area contributed by atoms with Gasteiger partial charge in [0.1, 0.15) is 5.82 Å². The highest BCUT2D eigenvalue weighted by atomic mass is 79.9. The summed E-state index contributed by atoms with van der Waals surface area (Å²) in [5.41, 5.74) is 5.24. The Bertz CT molecular complexity index is 742. The van der Waals surface area contributed by atoms with Crippen LogP contribution in [0.3, 0.4) is 0 Å². The molecule has 0 spiro atoms. The highest BCUT2D eigenvalue weighted by Crippen LogP contribution is 2.39. The first-order valence-electron chi connectivity index (χ1n) is 6.81. The molecule has 0 fully saturated rings. The molecule has 3 rings (SSSR count). The largest absolute Gasteiger partial charge is 0.326 e. The second kappa shape index (κ2) is 5.26. The normalized spacial score (nSPS) is 17.3. The first kappa shape index (κ1) is 14.3. The minimum absolute atomic E-state index is 0.00352. The van der Waals surface area contributed by atoms with Gasteiger partial charge in [-0.3, -0.25) is 4.79 Å². The summed E-state index contributed by atoms with van der Waals surface area (Å²) in [6.07, 6.45) is 0.383. The molecule has 1 atom stereocenters. The molecule has 2 nitrogen and oxygen atoms in total. The maximum atomic E-state index is 13.4. The molecule has 2 aromatic rings. The van der Waals surface area contributed by atoms with Crippen molar-refractivity contribution in [3.05, 3.63) is 62.9 Å². The Hall–Kier alpha value is -1.68. The highest BCUT2D eigenvalue weighted by Gasteiger charge is 2.27. The molecule has 1 heterocycles. The molecule has 108 valence electrons. The molecule has 1 amide bonds. The lowest BCUT2D eigenvalue weighted by Gasteiger charge is -2.27. The van der Waals surface area contributed by atoms with Crippen molar-refractivity contribution in [1.29, 1.82) is 0 Å². The van der Waals surface area contributed by atoms with E-state index in [-0.39, 0.29) is 17.6 Å². The number of fused-ring (bicyclic) bond motifs is 1. The summed E-state index contributed by atoms with van der Waals surface area (Å²) < 4.78 is 13.9. The summed E-state index contributed by atoms with van der Waals surface area (Å²) >= 11 is 3.22. The van der Waals surface area contributed by atoms with Crippen LogP contribution >= 0.6 is 15.9 Å². The number of carbonyl (C=O) groups is 1. The number of aryl methyl sites for hydroxylation is 2. The van der Waals surface area contributed by atoms with Gasteiger partial charge < -0.3 is 5.32 Å². The van der Waals surface area contributed by atoms with Crippen LogP contribution < -0.4 is 5.32 Å². The average molecular weight is 348 g/mol. The van der Waals surface area contributed by atoms with E-state index in [9.17, 15) is 9.18 Å². The molecule has 0 unspecified atom stereocenters. The van der Waals surface area contributed by atoms with E-state index in [1.54, 1.807) is 12.1 Å². The summed E-state index contributed by atoms with van der Waals surface area (Å²) in [7, 11) is 0. The lowest BCUT2D eigenvalue weighted by Crippen LogP contribution is -2.23. The molecule has 1 aliphatic rings. The molecule has 0 bridgehead atoms. The van der Waals surface area contributed by atoms with E-state index in [0.717, 1.165) is 22.4 Å². The van der Waals surface area contributed by atoms with Crippen molar-refractivity contribution < 1.29 is 9.18 Å². The fourth-order valence-electron chi connectivity index (χ4n) is 2.76. The van der Waals surface area contributed by atoms with Gasteiger partial charge in [0.25, 0.3) is 0 Å². The summed E-state index contributed by atoms with van der Waals surface area (Å²) in [5, 5.41) is 2.93. The van der Waals surface area contributed by atoms with E-state index >= 15 is 0 Å². The number of amides is 1. The van der Waals surface area contributed by atoms with Crippen molar-refractivity contribution in [3.8, 4) is 0 Å². The molecule has 0 saturated heterocycles. The third-order valence-corrected chi connectivity index (χ3v) is 4.66. The third-order valence-electron chi connectivity index (χ3n) is 4.05. The lowest BCUT2D eigenvalue weighted by atomic mass is 9.83. The Morgan fingerprint density at radius 3 is 2.62 bits per heavy atom. The number of halogens is 2. The van der Waals surface area contributed by atoms with Crippen LogP contribution in [0.5, 0.6) is 0 Å². The Balaban J connectivity index is 2.14. The van der Waals surface area contributed by atoms with Crippen LogP contribution in [0.2, 0.25) is 0 Å². The van der Waals surface area contributed by atoms with Gasteiger partial charge in [0.2, 0.25) is 5.91 Å². The minimum Gasteiger partial charge on any atom is -0.326 e. The molecule has 0 saturated carbocycles. The lowest BCUT2D eigenvalue weighted by molar-refractivity contribution is -0.116. The maximum absolute atomic E-state index is 13.4. The van der Waals surface area contributed by atoms with Crippen LogP contribution in [0.25, 0.3) is 0 Å². The van der Waals surface area contributed by atoms with E-state index in [0.29, 0.717) is 10.9 Å². The van der Waals surface area contributed by atoms with E-state index in [2.05, 4.69) is 34.2 Å². The van der Waals surface area contributed by atoms with E-state index in [1.807, 2.05) is 13.0 Å². The molecule has 1 N–H and O–H groups in total. The van der Waals surface area contributed by atoms with Gasteiger partial charge in [-0.25, -0.2) is 4.39 Å². The molecular weight excluding hydrogens is 333 g/mol. The monoisotopic (exact) mass is 347 g/mol. The van der Waals surface area contributed by atoms with E-state index < -0.39 is 0 Å². The summed E-state index contributed by atoms with van der Waals surface area (Å²) in [6, 6.07) is 9.08. The minimum atomic E-state index is -0.292. The van der Waals surface area contributed by atoms with Gasteiger partial charge in [-0.2, -0.15) is 0 Å². The number of nitrogens with one attached hydrogen (secondary N) is 1. The van der Waals surface area contributed by atoms with Gasteiger partial charge in [-0.05, 0) is 70.2 Å². The second-order valence-electron chi connectivity index (χ2n) is 5.50. The van der Waals surface area contributed by atoms with Crippen LogP contribution in [0, 0.1) is 19.7 Å². The van der Waals surface area contributed by atoms with Crippen molar-refractivity contribution in [2.75, 3.05) is 5.32 Å². The SMILES string of the molecule is Cc1cc2c(cc1C)[C@H](c1ccc(F)c(Br)c1)CC(=O)N2. The maximum Gasteiger partial charge on any atom is 0.225 e. The van der Waals surface area contributed by atoms with Crippen LogP contribution in [-0.2, 0) is 4.79 Å². The molecule has 0 aromatic heterocycles. The zero-order valence-corrected chi connectivity index (χ0v) is 13.4. The quantitative estimate of drug-likeness (QED) is 0.797. The zero-order chi connectivity index (χ0) is 15.1. The van der Waals surface area contributed by atoms with Crippen LogP contribution in [0.15, 0.2) is 34.8 Å². The van der Waals surface area contributed by atoms with Crippen LogP contribution in [0.4, 0.5) is 10.1 Å². The van der Waals surface area contributed by atoms with Gasteiger partial charge in [0, 0.05) is 18.0 Å². The Labute approximate surface area is 131 Å². The summed E-state index contributed by atoms with van der Waals surface area (Å²) in [5.74, 6) is -0.333. The summed E-state index contributed by atoms with van der Waals surface area (Å²) in [4.78, 5) is 12.0. The van der Waals surface area contributed by atoms with Gasteiger partial charge >= 0.3 is 0 Å². The number of hydrogen-bond acceptors (Lipinski definition) is 1. The van der Waals surface area contributed by atoms with Crippen molar-refractivity contribution in [3.63, 3.8) is 0 Å². The zero-order valence-electron chi connectivity index (χ0n) is 11.8. The van der Waals surface area contributed by atoms with E-state index in [1.165, 1.54) is 11.6 Å². The van der Waals surface area contributed by atoms with Gasteiger partial charge in [0.15, 0.2) is 0 Å². The standard InChI is InChI=1S/C17H15BrFNO/c1-9-5-13-12(11-3-4-15(19)14(18)7-11)8-17(21)20-16(13)6-10(9)2/h3-7,12H,8H2,1-2H3,(H,20,21)/t12-/m0/s1. The second-order valence-corrected chi connectivity index (χ2v) is 6.36.